The van der Waals surface area contributed by atoms with Crippen molar-refractivity contribution < 1.29 is 0 Å². The van der Waals surface area contributed by atoms with Crippen LogP contribution in [-0.2, 0) is 10.8 Å². The van der Waals surface area contributed by atoms with E-state index in [1.807, 2.05) is 97.5 Å². The highest BCUT2D eigenvalue weighted by Crippen LogP contribution is 2.55. The Kier molecular flexibility index (Phi) is 18.5. The lowest BCUT2D eigenvalue weighted by Gasteiger charge is -2.23. The lowest BCUT2D eigenvalue weighted by atomic mass is 9.80. The first-order chi connectivity index (χ1) is 57.9. The first-order valence-corrected chi connectivity index (χ1v) is 40.3. The molecule has 15 aromatic carbocycles. The number of rotatable bonds is 14. The van der Waals surface area contributed by atoms with Crippen LogP contribution in [0.3, 0.4) is 0 Å². The fraction of sp³-hybridized carbons (Fsp3) is 0.0541. The van der Waals surface area contributed by atoms with E-state index in [0.717, 1.165) is 95.0 Å². The van der Waals surface area contributed by atoms with Gasteiger partial charge in [0.25, 0.3) is 0 Å². The normalized spacial score (nSPS) is 12.5. The molecule has 2 aliphatic rings. The molecule has 0 N–H and O–H groups in total. The van der Waals surface area contributed by atoms with E-state index in [1.165, 1.54) is 94.2 Å². The van der Waals surface area contributed by atoms with Gasteiger partial charge in [0, 0.05) is 68.4 Å². The third-order valence-corrected chi connectivity index (χ3v) is 23.6. The summed E-state index contributed by atoms with van der Waals surface area (Å²) in [6, 6.07) is 138. The Morgan fingerprint density at radius 2 is 0.576 bits per heavy atom. The van der Waals surface area contributed by atoms with Gasteiger partial charge in [0.1, 0.15) is 0 Å². The van der Waals surface area contributed by atoms with Crippen molar-refractivity contribution in [3.63, 3.8) is 0 Å². The van der Waals surface area contributed by atoms with Crippen molar-refractivity contribution in [3.8, 4) is 179 Å². The molecule has 0 spiro atoms. The summed E-state index contributed by atoms with van der Waals surface area (Å²) in [6.45, 7) is 9.42. The molecule has 118 heavy (non-hydrogen) atoms. The minimum Gasteiger partial charge on any atom is -0.265 e. The number of aromatic nitrogens is 7. The Morgan fingerprint density at radius 3 is 1.17 bits per heavy atom. The van der Waals surface area contributed by atoms with Gasteiger partial charge >= 0.3 is 0 Å². The zero-order chi connectivity index (χ0) is 79.3. The fourth-order valence-electron chi connectivity index (χ4n) is 17.5. The molecule has 0 saturated heterocycles. The van der Waals surface area contributed by atoms with Crippen LogP contribution in [0.25, 0.3) is 190 Å². The molecule has 19 aromatic rings. The summed E-state index contributed by atoms with van der Waals surface area (Å²) >= 11 is 0. The summed E-state index contributed by atoms with van der Waals surface area (Å²) < 4.78 is 0. The van der Waals surface area contributed by atoms with Gasteiger partial charge in [-0.3, -0.25) is 9.97 Å². The average Bonchev–Trinajstić information content (AvgIpc) is 1.58. The molecule has 0 atom stereocenters. The van der Waals surface area contributed by atoms with Crippen LogP contribution in [0.15, 0.2) is 407 Å². The second kappa shape index (κ2) is 30.4. The minimum atomic E-state index is -0.107. The van der Waals surface area contributed by atoms with E-state index in [0.29, 0.717) is 23.3 Å². The van der Waals surface area contributed by atoms with Crippen molar-refractivity contribution in [3.05, 3.63) is 429 Å². The third kappa shape index (κ3) is 13.7. The van der Waals surface area contributed by atoms with E-state index in [1.54, 1.807) is 0 Å². The topological polar surface area (TPSA) is 90.2 Å². The number of fused-ring (bicyclic) bond motifs is 8. The maximum absolute atomic E-state index is 5.14. The van der Waals surface area contributed by atoms with Crippen molar-refractivity contribution in [2.24, 2.45) is 0 Å². The van der Waals surface area contributed by atoms with E-state index < -0.39 is 0 Å². The highest BCUT2D eigenvalue weighted by Gasteiger charge is 2.39. The van der Waals surface area contributed by atoms with Crippen LogP contribution in [0.4, 0.5) is 0 Å². The first kappa shape index (κ1) is 72.0. The van der Waals surface area contributed by atoms with Gasteiger partial charge in [-0.1, -0.05) is 343 Å². The van der Waals surface area contributed by atoms with Gasteiger partial charge in [-0.15, -0.1) is 0 Å². The summed E-state index contributed by atoms with van der Waals surface area (Å²) in [5.41, 5.74) is 36.7. The fourth-order valence-corrected chi connectivity index (χ4v) is 17.5. The molecule has 0 saturated carbocycles. The van der Waals surface area contributed by atoms with Crippen LogP contribution in [0, 0.1) is 0 Å². The highest BCUT2D eigenvalue weighted by molar-refractivity contribution is 6.02. The molecule has 0 aliphatic heterocycles. The van der Waals surface area contributed by atoms with Crippen molar-refractivity contribution in [2.45, 2.75) is 38.5 Å². The highest BCUT2D eigenvalue weighted by atomic mass is 15.0. The Hall–Kier alpha value is -15.1. The molecule has 7 heteroatoms. The van der Waals surface area contributed by atoms with E-state index >= 15 is 0 Å². The van der Waals surface area contributed by atoms with E-state index in [9.17, 15) is 0 Å². The molecule has 0 radical (unpaired) electrons. The van der Waals surface area contributed by atoms with E-state index in [-0.39, 0.29) is 10.8 Å². The molecule has 4 heterocycles. The zero-order valence-electron chi connectivity index (χ0n) is 65.8. The number of hydrogen-bond acceptors (Lipinski definition) is 7. The molecule has 7 nitrogen and oxygen atoms in total. The van der Waals surface area contributed by atoms with Gasteiger partial charge in [0.15, 0.2) is 23.3 Å². The average molecular weight is 1510 g/mol. The molecule has 0 bridgehead atoms. The molecule has 0 amide bonds. The lowest BCUT2D eigenvalue weighted by molar-refractivity contribution is 0.660. The van der Waals surface area contributed by atoms with Gasteiger partial charge in [-0.2, -0.15) is 0 Å². The molecule has 2 aliphatic carbocycles. The molecule has 0 unspecified atom stereocenters. The second-order valence-corrected chi connectivity index (χ2v) is 31.6. The predicted molar refractivity (Wildman–Crippen MR) is 486 cm³/mol. The Balaban J connectivity index is 0.000000152. The lowest BCUT2D eigenvalue weighted by Crippen LogP contribution is -2.15. The second-order valence-electron chi connectivity index (χ2n) is 31.6. The molecule has 558 valence electrons. The Bertz CT molecular complexity index is 7020. The summed E-state index contributed by atoms with van der Waals surface area (Å²) in [5, 5.41) is 2.63. The monoisotopic (exact) mass is 1510 g/mol. The number of benzene rings is 15. The molecule has 0 fully saturated rings. The van der Waals surface area contributed by atoms with Crippen LogP contribution in [0.2, 0.25) is 0 Å². The van der Waals surface area contributed by atoms with Crippen LogP contribution in [0.1, 0.15) is 49.9 Å². The van der Waals surface area contributed by atoms with Gasteiger partial charge in [-0.05, 0) is 206 Å². The standard InChI is InChI=1S/C58H41N3.C53H38N4/c1-58(2)51-25-13-24-48(55(51)50-32-31-38-14-6-7-23-49(38)56(50)58)46-21-11-19-44(35-46)42-17-10-18-43(34-42)45-20-12-22-47(36-45)54-37-53(60-57(61-54)41-15-4-3-5-16-41)40-29-27-39(28-30-40)52-26-8-9-33-59-52;1-53(2)48-20-7-6-19-46(48)47-26-25-44(34-49(47)53)42-16-9-14-40(32-42)39-13-8-15-41(31-39)43-17-10-18-45(33-43)52-56-50(37-11-4-3-5-12-37)55-51(57-52)38-23-21-35(22-24-38)36-27-29-54-30-28-36/h3-37H,1-2H3;3-34H,1-2H3. The van der Waals surface area contributed by atoms with Gasteiger partial charge in [0.05, 0.1) is 17.1 Å². The zero-order valence-corrected chi connectivity index (χ0v) is 65.8. The van der Waals surface area contributed by atoms with E-state index in [2.05, 4.69) is 347 Å². The van der Waals surface area contributed by atoms with Gasteiger partial charge in [-0.25, -0.2) is 24.9 Å². The Labute approximate surface area is 688 Å². The number of pyridine rings is 2. The van der Waals surface area contributed by atoms with Crippen LogP contribution >= 0.6 is 0 Å². The largest absolute Gasteiger partial charge is 0.265 e. The van der Waals surface area contributed by atoms with Crippen LogP contribution in [0.5, 0.6) is 0 Å². The van der Waals surface area contributed by atoms with E-state index in [4.69, 9.17) is 24.9 Å². The van der Waals surface area contributed by atoms with Crippen molar-refractivity contribution in [2.75, 3.05) is 0 Å². The quantitative estimate of drug-likeness (QED) is 0.107. The predicted octanol–water partition coefficient (Wildman–Crippen LogP) is 28.2. The summed E-state index contributed by atoms with van der Waals surface area (Å²) in [6.07, 6.45) is 5.45. The van der Waals surface area contributed by atoms with Crippen LogP contribution < -0.4 is 0 Å². The van der Waals surface area contributed by atoms with Gasteiger partial charge < -0.3 is 0 Å². The summed E-state index contributed by atoms with van der Waals surface area (Å²) in [5.74, 6) is 2.59. The molecular formula is C111H79N7. The third-order valence-electron chi connectivity index (χ3n) is 23.6. The maximum Gasteiger partial charge on any atom is 0.164 e. The number of hydrogen-bond donors (Lipinski definition) is 0. The van der Waals surface area contributed by atoms with Crippen molar-refractivity contribution >= 4 is 10.8 Å². The molecule has 21 rings (SSSR count). The smallest absolute Gasteiger partial charge is 0.164 e. The summed E-state index contributed by atoms with van der Waals surface area (Å²) in [7, 11) is 0. The number of nitrogens with zero attached hydrogens (tertiary/aromatic N) is 7. The van der Waals surface area contributed by atoms with Crippen LogP contribution in [-0.4, -0.2) is 34.9 Å². The minimum absolute atomic E-state index is 0.0409. The van der Waals surface area contributed by atoms with Crippen molar-refractivity contribution in [1.29, 1.82) is 0 Å². The summed E-state index contributed by atoms with van der Waals surface area (Å²) in [4.78, 5) is 33.9. The molecule has 4 aromatic heterocycles. The van der Waals surface area contributed by atoms with Gasteiger partial charge in [0.2, 0.25) is 0 Å². The molecular weight excluding hydrogens is 1430 g/mol. The SMILES string of the molecule is CC1(C)c2cccc(-c3cccc(-c4cccc(-c5cccc(-c6cc(-c7ccc(-c8ccccn8)cc7)nc(-c7ccccc7)n6)c5)c4)c3)c2-c2ccc3ccccc3c21.CC1(C)c2ccccc2-c2ccc(-c3cccc(-c4cccc(-c5cccc(-c6nc(-c7ccccc7)nc(-c7ccc(-c8ccncc8)cc7)n6)c5)c4)c3)cc21. The maximum atomic E-state index is 5.14. The Morgan fingerprint density at radius 1 is 0.195 bits per heavy atom. The first-order valence-electron chi connectivity index (χ1n) is 40.3. The van der Waals surface area contributed by atoms with Crippen molar-refractivity contribution in [1.82, 2.24) is 34.9 Å².